The Kier molecular flexibility index (Phi) is 11.2. The van der Waals surface area contributed by atoms with E-state index in [2.05, 4.69) is 109 Å². The molecule has 4 saturated carbocycles. The van der Waals surface area contributed by atoms with E-state index in [1.165, 1.54) is 71.0 Å². The third-order valence-corrected chi connectivity index (χ3v) is 15.9. The van der Waals surface area contributed by atoms with Crippen molar-refractivity contribution in [2.75, 3.05) is 14.2 Å². The highest BCUT2D eigenvalue weighted by Crippen LogP contribution is 2.66. The van der Waals surface area contributed by atoms with E-state index in [0.29, 0.717) is 46.1 Å². The Morgan fingerprint density at radius 3 is 1.23 bits per heavy atom. The summed E-state index contributed by atoms with van der Waals surface area (Å²) >= 11 is 0. The molecular formula is C64H54O7. The SMILES string of the molecule is COc1ccc(C(=O)C=Cc2ccc(OOc3ccc(C45CC6CC(C4)CC(c4ccc(OOc7ccc(C8(c9ccc(OC)cc9)c9ccccc9-c9ccccc98)cc7)cc4)(C6)C5)cc3)cc2)cc1. The van der Waals surface area contributed by atoms with E-state index in [1.54, 1.807) is 50.6 Å². The normalized spacial score (nSPS) is 21.0. The van der Waals surface area contributed by atoms with E-state index in [-0.39, 0.29) is 16.6 Å². The maximum Gasteiger partial charge on any atom is 0.185 e. The molecule has 0 radical (unpaired) electrons. The third-order valence-electron chi connectivity index (χ3n) is 15.9. The number of methoxy groups -OCH3 is 2. The number of carbonyl (C=O) groups is 1. The lowest BCUT2D eigenvalue weighted by Crippen LogP contribution is -2.55. The van der Waals surface area contributed by atoms with Crippen LogP contribution in [-0.4, -0.2) is 20.0 Å². The molecule has 0 saturated heterocycles. The lowest BCUT2D eigenvalue weighted by molar-refractivity contribution is -0.100. The number of hydrogen-bond donors (Lipinski definition) is 0. The number of ketones is 1. The summed E-state index contributed by atoms with van der Waals surface area (Å²) in [7, 11) is 3.31. The molecule has 4 fully saturated rings. The number of benzene rings is 8. The summed E-state index contributed by atoms with van der Waals surface area (Å²) < 4.78 is 10.8. The van der Waals surface area contributed by atoms with Crippen LogP contribution >= 0.6 is 0 Å². The first kappa shape index (κ1) is 44.2. The van der Waals surface area contributed by atoms with Crippen molar-refractivity contribution in [1.29, 1.82) is 0 Å². The molecule has 0 heterocycles. The van der Waals surface area contributed by atoms with Crippen LogP contribution in [0.5, 0.6) is 34.5 Å². The van der Waals surface area contributed by atoms with Crippen LogP contribution in [0.25, 0.3) is 17.2 Å². The van der Waals surface area contributed by atoms with Gasteiger partial charge >= 0.3 is 0 Å². The van der Waals surface area contributed by atoms with Crippen molar-refractivity contribution in [2.45, 2.75) is 54.8 Å². The lowest BCUT2D eigenvalue weighted by atomic mass is 9.42. The monoisotopic (exact) mass is 934 g/mol. The van der Waals surface area contributed by atoms with Crippen LogP contribution in [0.2, 0.25) is 0 Å². The van der Waals surface area contributed by atoms with Gasteiger partial charge in [-0.15, -0.1) is 0 Å². The quantitative estimate of drug-likeness (QED) is 0.0439. The molecule has 0 spiro atoms. The second-order valence-electron chi connectivity index (χ2n) is 20.0. The Balaban J connectivity index is 0.701. The lowest BCUT2D eigenvalue weighted by Gasteiger charge is -2.62. The van der Waals surface area contributed by atoms with Gasteiger partial charge in [0.05, 0.1) is 19.6 Å². The molecule has 352 valence electrons. The molecule has 71 heavy (non-hydrogen) atoms. The van der Waals surface area contributed by atoms with Crippen LogP contribution < -0.4 is 29.0 Å². The molecule has 0 aliphatic heterocycles. The van der Waals surface area contributed by atoms with Crippen LogP contribution in [0.4, 0.5) is 0 Å². The molecule has 5 aliphatic rings. The first-order valence-corrected chi connectivity index (χ1v) is 24.6. The molecule has 4 bridgehead atoms. The van der Waals surface area contributed by atoms with E-state index in [0.717, 1.165) is 23.3 Å². The van der Waals surface area contributed by atoms with Gasteiger partial charge in [-0.05, 0) is 202 Å². The van der Waals surface area contributed by atoms with Crippen LogP contribution in [0.15, 0.2) is 200 Å². The molecule has 7 heteroatoms. The van der Waals surface area contributed by atoms with Gasteiger partial charge in [-0.2, -0.15) is 0 Å². The minimum Gasteiger partial charge on any atom is -0.497 e. The molecule has 0 amide bonds. The summed E-state index contributed by atoms with van der Waals surface area (Å²) in [4.78, 5) is 36.2. The van der Waals surface area contributed by atoms with Gasteiger partial charge in [0.1, 0.15) is 11.5 Å². The van der Waals surface area contributed by atoms with Gasteiger partial charge in [-0.25, -0.2) is 0 Å². The summed E-state index contributed by atoms with van der Waals surface area (Å²) in [6.45, 7) is 0. The van der Waals surface area contributed by atoms with Gasteiger partial charge in [-0.1, -0.05) is 115 Å². The van der Waals surface area contributed by atoms with E-state index >= 15 is 0 Å². The van der Waals surface area contributed by atoms with Crippen molar-refractivity contribution in [3.63, 3.8) is 0 Å². The molecule has 0 aromatic heterocycles. The highest BCUT2D eigenvalue weighted by Gasteiger charge is 2.58. The Morgan fingerprint density at radius 2 is 0.803 bits per heavy atom. The maximum absolute atomic E-state index is 12.6. The fourth-order valence-electron chi connectivity index (χ4n) is 13.1. The Labute approximate surface area is 415 Å². The summed E-state index contributed by atoms with van der Waals surface area (Å²) in [5.41, 5.74) is 11.3. The zero-order chi connectivity index (χ0) is 48.0. The predicted molar refractivity (Wildman–Crippen MR) is 277 cm³/mol. The summed E-state index contributed by atoms with van der Waals surface area (Å²) in [6, 6.07) is 66.1. The van der Waals surface area contributed by atoms with Crippen LogP contribution in [0.3, 0.4) is 0 Å². The largest absolute Gasteiger partial charge is 0.497 e. The molecule has 5 aliphatic carbocycles. The maximum atomic E-state index is 12.6. The summed E-state index contributed by atoms with van der Waals surface area (Å²) in [6.07, 6.45) is 10.7. The van der Waals surface area contributed by atoms with Crippen molar-refractivity contribution in [3.05, 3.63) is 245 Å². The molecule has 0 N–H and O–H groups in total. The first-order chi connectivity index (χ1) is 34.8. The van der Waals surface area contributed by atoms with E-state index < -0.39 is 5.41 Å². The van der Waals surface area contributed by atoms with E-state index in [4.69, 9.17) is 29.0 Å². The van der Waals surface area contributed by atoms with Gasteiger partial charge < -0.3 is 9.47 Å². The molecule has 8 aromatic carbocycles. The van der Waals surface area contributed by atoms with Gasteiger partial charge in [0.25, 0.3) is 0 Å². The highest BCUT2D eigenvalue weighted by atomic mass is 17.2. The van der Waals surface area contributed by atoms with Crippen molar-refractivity contribution in [2.24, 2.45) is 11.8 Å². The standard InChI is InChI=1S/C64H54O7/c1-66-51-26-14-46(15-27-51)61(65)36-13-43-11-24-53(25-12-43)68-69-54-30-16-47(17-31-54)62-38-44-37-45(39-62)41-63(40-44,42-62)48-18-32-55(33-19-48)70-71-56-34-22-50(23-35-56)64(49-20-28-52(67-2)29-21-49)59-9-5-3-7-57(59)58-8-4-6-10-60(58)64/h3-36,44-45H,37-42H2,1-2H3. The van der Waals surface area contributed by atoms with Gasteiger partial charge in [0.2, 0.25) is 0 Å². The second kappa shape index (κ2) is 18.1. The summed E-state index contributed by atoms with van der Waals surface area (Å²) in [5, 5.41) is 0. The molecule has 7 nitrogen and oxygen atoms in total. The fraction of sp³-hybridized carbons (Fsp3) is 0.203. The average Bonchev–Trinajstić information content (AvgIpc) is 3.72. The van der Waals surface area contributed by atoms with Crippen LogP contribution in [0.1, 0.15) is 87.8 Å². The van der Waals surface area contributed by atoms with Crippen LogP contribution in [0, 0.1) is 11.8 Å². The molecule has 13 rings (SSSR count). The number of allylic oxidation sites excluding steroid dienone is 1. The molecule has 2 unspecified atom stereocenters. The van der Waals surface area contributed by atoms with Crippen molar-refractivity contribution < 1.29 is 33.8 Å². The first-order valence-electron chi connectivity index (χ1n) is 24.6. The van der Waals surface area contributed by atoms with Crippen LogP contribution in [-0.2, 0) is 16.2 Å². The number of rotatable bonds is 15. The average molecular weight is 935 g/mol. The highest BCUT2D eigenvalue weighted by molar-refractivity contribution is 6.06. The molecule has 8 aromatic rings. The minimum absolute atomic E-state index is 0.0769. The van der Waals surface area contributed by atoms with Gasteiger partial charge in [-0.3, -0.25) is 24.3 Å². The zero-order valence-electron chi connectivity index (χ0n) is 39.9. The number of carbonyl (C=O) groups excluding carboxylic acids is 1. The van der Waals surface area contributed by atoms with Gasteiger partial charge in [0, 0.05) is 5.56 Å². The van der Waals surface area contributed by atoms with E-state index in [1.807, 2.05) is 60.7 Å². The molecule has 2 atom stereocenters. The predicted octanol–water partition coefficient (Wildman–Crippen LogP) is 14.5. The minimum atomic E-state index is -0.517. The van der Waals surface area contributed by atoms with Crippen molar-refractivity contribution >= 4 is 11.9 Å². The summed E-state index contributed by atoms with van der Waals surface area (Å²) in [5.74, 6) is 5.40. The Bertz CT molecular complexity index is 3170. The molecular weight excluding hydrogens is 881 g/mol. The zero-order valence-corrected chi connectivity index (χ0v) is 39.9. The van der Waals surface area contributed by atoms with E-state index in [9.17, 15) is 4.79 Å². The topological polar surface area (TPSA) is 72.5 Å². The number of fused-ring (bicyclic) bond motifs is 3. The van der Waals surface area contributed by atoms with Crippen molar-refractivity contribution in [3.8, 4) is 45.6 Å². The fourth-order valence-corrected chi connectivity index (χ4v) is 13.1. The third kappa shape index (κ3) is 7.99. The Morgan fingerprint density at radius 1 is 0.437 bits per heavy atom. The van der Waals surface area contributed by atoms with Gasteiger partial charge in [0.15, 0.2) is 28.8 Å². The number of ether oxygens (including phenoxy) is 2. The Hall–Kier alpha value is -8.03. The smallest absolute Gasteiger partial charge is 0.185 e. The second-order valence-corrected chi connectivity index (χ2v) is 20.0. The number of hydrogen-bond acceptors (Lipinski definition) is 7. The van der Waals surface area contributed by atoms with Crippen molar-refractivity contribution in [1.82, 2.24) is 0 Å².